The Morgan fingerprint density at radius 3 is 2.56 bits per heavy atom. The quantitative estimate of drug-likeness (QED) is 0.867. The molecule has 3 unspecified atom stereocenters. The second kappa shape index (κ2) is 5.64. The summed E-state index contributed by atoms with van der Waals surface area (Å²) in [7, 11) is 4.21. The summed E-state index contributed by atoms with van der Waals surface area (Å²) < 4.78 is 0. The van der Waals surface area contributed by atoms with E-state index in [1.54, 1.807) is 0 Å². The summed E-state index contributed by atoms with van der Waals surface area (Å²) in [5, 5.41) is 3.77. The Labute approximate surface area is 111 Å². The van der Waals surface area contributed by atoms with Crippen LogP contribution >= 0.6 is 0 Å². The molecule has 1 aromatic rings. The molecule has 0 bridgehead atoms. The van der Waals surface area contributed by atoms with Gasteiger partial charge in [-0.1, -0.05) is 32.4 Å². The number of rotatable bonds is 3. The van der Waals surface area contributed by atoms with Crippen LogP contribution in [0, 0.1) is 11.8 Å². The van der Waals surface area contributed by atoms with Crippen LogP contribution in [0.15, 0.2) is 24.3 Å². The van der Waals surface area contributed by atoms with Gasteiger partial charge in [0.15, 0.2) is 0 Å². The summed E-state index contributed by atoms with van der Waals surface area (Å²) in [5.41, 5.74) is 2.55. The largest absolute Gasteiger partial charge is 0.380 e. The van der Waals surface area contributed by atoms with Gasteiger partial charge in [-0.3, -0.25) is 0 Å². The molecule has 2 rings (SSSR count). The Bertz CT molecular complexity index is 386. The fourth-order valence-electron chi connectivity index (χ4n) is 2.92. The van der Waals surface area contributed by atoms with Gasteiger partial charge in [0.1, 0.15) is 0 Å². The Hall–Kier alpha value is -1.18. The van der Waals surface area contributed by atoms with Crippen LogP contribution in [-0.2, 0) is 0 Å². The minimum absolute atomic E-state index is 0.620. The highest BCUT2D eigenvalue weighted by atomic mass is 15.1. The lowest BCUT2D eigenvalue weighted by Gasteiger charge is -2.35. The monoisotopic (exact) mass is 246 g/mol. The van der Waals surface area contributed by atoms with Gasteiger partial charge in [0.05, 0.1) is 11.4 Å². The van der Waals surface area contributed by atoms with Gasteiger partial charge in [0, 0.05) is 20.1 Å². The molecule has 1 fully saturated rings. The van der Waals surface area contributed by atoms with E-state index < -0.39 is 0 Å². The van der Waals surface area contributed by atoms with Crippen molar-refractivity contribution in [1.29, 1.82) is 0 Å². The zero-order valence-corrected chi connectivity index (χ0v) is 12.1. The molecule has 0 heterocycles. The Kier molecular flexibility index (Phi) is 4.15. The van der Waals surface area contributed by atoms with Gasteiger partial charge >= 0.3 is 0 Å². The third kappa shape index (κ3) is 2.98. The van der Waals surface area contributed by atoms with Crippen molar-refractivity contribution in [2.24, 2.45) is 11.8 Å². The van der Waals surface area contributed by atoms with Crippen LogP contribution in [-0.4, -0.2) is 20.1 Å². The minimum atomic E-state index is 0.620. The third-order valence-electron chi connectivity index (χ3n) is 4.18. The molecule has 1 saturated carbocycles. The topological polar surface area (TPSA) is 15.3 Å². The van der Waals surface area contributed by atoms with Crippen molar-refractivity contribution in [3.63, 3.8) is 0 Å². The lowest BCUT2D eigenvalue weighted by atomic mass is 9.80. The second-order valence-corrected chi connectivity index (χ2v) is 6.06. The normalized spacial score (nSPS) is 27.9. The first-order chi connectivity index (χ1) is 8.58. The number of hydrogen-bond donors (Lipinski definition) is 1. The molecule has 1 aromatic carbocycles. The molecular formula is C16H26N2. The predicted octanol–water partition coefficient (Wildman–Crippen LogP) is 3.99. The number of hydrogen-bond acceptors (Lipinski definition) is 2. The van der Waals surface area contributed by atoms with E-state index in [9.17, 15) is 0 Å². The molecular weight excluding hydrogens is 220 g/mol. The summed E-state index contributed by atoms with van der Waals surface area (Å²) in [5.74, 6) is 1.63. The zero-order valence-electron chi connectivity index (χ0n) is 12.1. The Balaban J connectivity index is 2.13. The molecule has 2 nitrogen and oxygen atoms in total. The van der Waals surface area contributed by atoms with Crippen molar-refractivity contribution >= 4 is 11.4 Å². The van der Waals surface area contributed by atoms with Gasteiger partial charge in [0.2, 0.25) is 0 Å². The van der Waals surface area contributed by atoms with Crippen LogP contribution in [0.5, 0.6) is 0 Å². The van der Waals surface area contributed by atoms with Crippen molar-refractivity contribution in [2.45, 2.75) is 39.2 Å². The Morgan fingerprint density at radius 2 is 1.83 bits per heavy atom. The van der Waals surface area contributed by atoms with Gasteiger partial charge < -0.3 is 10.2 Å². The van der Waals surface area contributed by atoms with E-state index in [0.717, 1.165) is 11.8 Å². The van der Waals surface area contributed by atoms with Gasteiger partial charge in [-0.05, 0) is 36.8 Å². The molecule has 3 atom stereocenters. The van der Waals surface area contributed by atoms with E-state index in [-0.39, 0.29) is 0 Å². The molecule has 0 spiro atoms. The van der Waals surface area contributed by atoms with Crippen molar-refractivity contribution in [2.75, 3.05) is 24.3 Å². The SMILES string of the molecule is CC1CCC(C)C(Nc2ccccc2N(C)C)C1. The minimum Gasteiger partial charge on any atom is -0.380 e. The highest BCUT2D eigenvalue weighted by Gasteiger charge is 2.25. The second-order valence-electron chi connectivity index (χ2n) is 6.06. The zero-order chi connectivity index (χ0) is 13.1. The van der Waals surface area contributed by atoms with Crippen molar-refractivity contribution in [3.8, 4) is 0 Å². The molecule has 18 heavy (non-hydrogen) atoms. The van der Waals surface area contributed by atoms with E-state index in [1.165, 1.54) is 30.6 Å². The average Bonchev–Trinajstić information content (AvgIpc) is 2.34. The van der Waals surface area contributed by atoms with Crippen LogP contribution < -0.4 is 10.2 Å². The van der Waals surface area contributed by atoms with E-state index in [1.807, 2.05) is 0 Å². The molecule has 0 aromatic heterocycles. The molecule has 0 amide bonds. The van der Waals surface area contributed by atoms with Crippen LogP contribution in [0.25, 0.3) is 0 Å². The summed E-state index contributed by atoms with van der Waals surface area (Å²) in [4.78, 5) is 2.18. The number of benzene rings is 1. The molecule has 1 aliphatic carbocycles. The van der Waals surface area contributed by atoms with Gasteiger partial charge in [-0.2, -0.15) is 0 Å². The maximum atomic E-state index is 3.77. The number of nitrogens with one attached hydrogen (secondary N) is 1. The van der Waals surface area contributed by atoms with E-state index in [0.29, 0.717) is 6.04 Å². The van der Waals surface area contributed by atoms with Crippen LogP contribution in [0.1, 0.15) is 33.1 Å². The van der Waals surface area contributed by atoms with Gasteiger partial charge in [-0.25, -0.2) is 0 Å². The standard InChI is InChI=1S/C16H26N2/c1-12-9-10-13(2)15(11-12)17-14-7-5-6-8-16(14)18(3)4/h5-8,12-13,15,17H,9-11H2,1-4H3. The number of para-hydroxylation sites is 2. The average molecular weight is 246 g/mol. The lowest BCUT2D eigenvalue weighted by Crippen LogP contribution is -2.33. The fourth-order valence-corrected chi connectivity index (χ4v) is 2.92. The van der Waals surface area contributed by atoms with Crippen molar-refractivity contribution in [1.82, 2.24) is 0 Å². The van der Waals surface area contributed by atoms with Gasteiger partial charge in [-0.15, -0.1) is 0 Å². The molecule has 0 saturated heterocycles. The maximum Gasteiger partial charge on any atom is 0.0596 e. The first-order valence-electron chi connectivity index (χ1n) is 7.11. The summed E-state index contributed by atoms with van der Waals surface area (Å²) in [6, 6.07) is 9.22. The molecule has 2 heteroatoms. The van der Waals surface area contributed by atoms with Crippen LogP contribution in [0.3, 0.4) is 0 Å². The fraction of sp³-hybridized carbons (Fsp3) is 0.625. The smallest absolute Gasteiger partial charge is 0.0596 e. The Morgan fingerprint density at radius 1 is 1.11 bits per heavy atom. The van der Waals surface area contributed by atoms with Crippen molar-refractivity contribution in [3.05, 3.63) is 24.3 Å². The van der Waals surface area contributed by atoms with Gasteiger partial charge in [0.25, 0.3) is 0 Å². The highest BCUT2D eigenvalue weighted by Crippen LogP contribution is 2.33. The highest BCUT2D eigenvalue weighted by molar-refractivity contribution is 5.69. The van der Waals surface area contributed by atoms with Crippen LogP contribution in [0.2, 0.25) is 0 Å². The first kappa shape index (κ1) is 13.3. The first-order valence-corrected chi connectivity index (χ1v) is 7.11. The van der Waals surface area contributed by atoms with Crippen LogP contribution in [0.4, 0.5) is 11.4 Å². The molecule has 100 valence electrons. The van der Waals surface area contributed by atoms with Crippen molar-refractivity contribution < 1.29 is 0 Å². The molecule has 0 aliphatic heterocycles. The number of anilines is 2. The summed E-state index contributed by atoms with van der Waals surface area (Å²) in [6.07, 6.45) is 4.03. The molecule has 1 aliphatic rings. The predicted molar refractivity (Wildman–Crippen MR) is 80.4 cm³/mol. The lowest BCUT2D eigenvalue weighted by molar-refractivity contribution is 0.281. The maximum absolute atomic E-state index is 3.77. The third-order valence-corrected chi connectivity index (χ3v) is 4.18. The van der Waals surface area contributed by atoms with E-state index >= 15 is 0 Å². The summed E-state index contributed by atoms with van der Waals surface area (Å²) >= 11 is 0. The van der Waals surface area contributed by atoms with E-state index in [4.69, 9.17) is 0 Å². The molecule has 1 N–H and O–H groups in total. The van der Waals surface area contributed by atoms with E-state index in [2.05, 4.69) is 62.4 Å². The molecule has 0 radical (unpaired) electrons. The summed E-state index contributed by atoms with van der Waals surface area (Å²) in [6.45, 7) is 4.75. The number of nitrogens with zero attached hydrogens (tertiary/aromatic N) is 1.